The van der Waals surface area contributed by atoms with Crippen LogP contribution in [0.25, 0.3) is 0 Å². The van der Waals surface area contributed by atoms with Gasteiger partial charge in [0.2, 0.25) is 0 Å². The minimum Gasteiger partial charge on any atom is -0.465 e. The van der Waals surface area contributed by atoms with E-state index in [1.54, 1.807) is 0 Å². The van der Waals surface area contributed by atoms with E-state index in [9.17, 15) is 4.79 Å². The third-order valence-electron chi connectivity index (χ3n) is 3.27. The molecule has 3 nitrogen and oxygen atoms in total. The number of rotatable bonds is 7. The van der Waals surface area contributed by atoms with Crippen LogP contribution in [0.3, 0.4) is 0 Å². The first-order valence-corrected chi connectivity index (χ1v) is 7.56. The second-order valence-electron chi connectivity index (χ2n) is 5.12. The van der Waals surface area contributed by atoms with Crippen LogP contribution in [-0.2, 0) is 9.53 Å². The third kappa shape index (κ3) is 4.50. The second-order valence-corrected chi connectivity index (χ2v) is 5.53. The Bertz CT molecular complexity index is 434. The van der Waals surface area contributed by atoms with Crippen molar-refractivity contribution < 1.29 is 9.53 Å². The van der Waals surface area contributed by atoms with Gasteiger partial charge in [-0.2, -0.15) is 0 Å². The monoisotopic (exact) mass is 297 g/mol. The van der Waals surface area contributed by atoms with E-state index in [2.05, 4.69) is 19.2 Å². The lowest BCUT2D eigenvalue weighted by Gasteiger charge is -2.28. The van der Waals surface area contributed by atoms with Crippen LogP contribution in [0.1, 0.15) is 45.7 Å². The Morgan fingerprint density at radius 2 is 1.95 bits per heavy atom. The average Bonchev–Trinajstić information content (AvgIpc) is 2.41. The second kappa shape index (κ2) is 8.28. The fourth-order valence-corrected chi connectivity index (χ4v) is 2.43. The molecule has 0 bridgehead atoms. The number of esters is 1. The minimum absolute atomic E-state index is 0.0260. The van der Waals surface area contributed by atoms with E-state index in [0.29, 0.717) is 18.9 Å². The average molecular weight is 298 g/mol. The molecule has 0 fully saturated rings. The summed E-state index contributed by atoms with van der Waals surface area (Å²) in [6.07, 6.45) is 0.687. The summed E-state index contributed by atoms with van der Waals surface area (Å²) in [6.45, 7) is 8.41. The maximum Gasteiger partial charge on any atom is 0.323 e. The Hall–Kier alpha value is -1.06. The number of ether oxygens (including phenoxy) is 1. The summed E-state index contributed by atoms with van der Waals surface area (Å²) in [4.78, 5) is 11.9. The van der Waals surface area contributed by atoms with Gasteiger partial charge in [0.15, 0.2) is 0 Å². The highest BCUT2D eigenvalue weighted by atomic mass is 35.5. The van der Waals surface area contributed by atoms with Crippen LogP contribution < -0.4 is 5.32 Å². The van der Waals surface area contributed by atoms with E-state index in [-0.39, 0.29) is 18.1 Å². The lowest BCUT2D eigenvalue weighted by atomic mass is 9.94. The van der Waals surface area contributed by atoms with Crippen LogP contribution >= 0.6 is 11.6 Å². The summed E-state index contributed by atoms with van der Waals surface area (Å²) >= 11 is 6.27. The van der Waals surface area contributed by atoms with Gasteiger partial charge in [-0.05, 0) is 30.9 Å². The van der Waals surface area contributed by atoms with Gasteiger partial charge in [-0.25, -0.2) is 0 Å². The lowest BCUT2D eigenvalue weighted by molar-refractivity contribution is -0.146. The fourth-order valence-electron chi connectivity index (χ4n) is 2.18. The maximum atomic E-state index is 11.9. The molecule has 1 aromatic rings. The van der Waals surface area contributed by atoms with Crippen molar-refractivity contribution in [2.75, 3.05) is 6.61 Å². The molecule has 0 spiro atoms. The van der Waals surface area contributed by atoms with E-state index in [1.165, 1.54) is 0 Å². The van der Waals surface area contributed by atoms with Crippen LogP contribution in [0.4, 0.5) is 0 Å². The first kappa shape index (κ1) is 17.0. The van der Waals surface area contributed by atoms with Crippen molar-refractivity contribution in [3.63, 3.8) is 0 Å². The molecule has 0 aliphatic heterocycles. The third-order valence-corrected chi connectivity index (χ3v) is 3.61. The number of carbonyl (C=O) groups excluding carboxylic acids is 1. The summed E-state index contributed by atoms with van der Waals surface area (Å²) in [5.41, 5.74) is 1.02. The van der Waals surface area contributed by atoms with Crippen LogP contribution in [-0.4, -0.2) is 18.6 Å². The van der Waals surface area contributed by atoms with Crippen LogP contribution in [0.5, 0.6) is 0 Å². The largest absolute Gasteiger partial charge is 0.465 e. The predicted octanol–water partition coefficient (Wildman–Crippen LogP) is 3.97. The number of carbonyl (C=O) groups is 1. The molecule has 0 unspecified atom stereocenters. The molecule has 0 radical (unpaired) electrons. The van der Waals surface area contributed by atoms with Gasteiger partial charge < -0.3 is 4.74 Å². The van der Waals surface area contributed by atoms with E-state index >= 15 is 0 Å². The van der Waals surface area contributed by atoms with E-state index in [0.717, 1.165) is 10.6 Å². The van der Waals surface area contributed by atoms with Gasteiger partial charge in [0.25, 0.3) is 0 Å². The smallest absolute Gasteiger partial charge is 0.323 e. The van der Waals surface area contributed by atoms with E-state index in [1.807, 2.05) is 38.1 Å². The first-order chi connectivity index (χ1) is 9.51. The first-order valence-electron chi connectivity index (χ1n) is 7.18. The molecule has 0 saturated carbocycles. The van der Waals surface area contributed by atoms with Gasteiger partial charge in [-0.3, -0.25) is 10.1 Å². The normalized spacial score (nSPS) is 14.1. The van der Waals surface area contributed by atoms with Crippen LogP contribution in [0.15, 0.2) is 24.3 Å². The lowest BCUT2D eigenvalue weighted by Crippen LogP contribution is -2.41. The van der Waals surface area contributed by atoms with Crippen molar-refractivity contribution in [1.82, 2.24) is 5.32 Å². The van der Waals surface area contributed by atoms with Gasteiger partial charge in [0.1, 0.15) is 6.04 Å². The van der Waals surface area contributed by atoms with Gasteiger partial charge >= 0.3 is 5.97 Å². The zero-order valence-electron chi connectivity index (χ0n) is 12.7. The standard InChI is InChI=1S/C16H24ClNO2/c1-5-14(16(19)20-6-2)18-15(11(3)4)12-9-7-8-10-13(12)17/h7-11,14-15,18H,5-6H2,1-4H3/t14-,15-/m0/s1. The van der Waals surface area contributed by atoms with Crippen molar-refractivity contribution >= 4 is 17.6 Å². The number of hydrogen-bond donors (Lipinski definition) is 1. The highest BCUT2D eigenvalue weighted by Crippen LogP contribution is 2.28. The molecule has 0 aliphatic rings. The predicted molar refractivity (Wildman–Crippen MR) is 82.9 cm³/mol. The topological polar surface area (TPSA) is 38.3 Å². The zero-order chi connectivity index (χ0) is 15.1. The molecule has 0 amide bonds. The van der Waals surface area contributed by atoms with Gasteiger partial charge in [-0.15, -0.1) is 0 Å². The van der Waals surface area contributed by atoms with Crippen molar-refractivity contribution in [2.24, 2.45) is 5.92 Å². The molecule has 4 heteroatoms. The zero-order valence-corrected chi connectivity index (χ0v) is 13.4. The molecule has 1 N–H and O–H groups in total. The number of benzene rings is 1. The summed E-state index contributed by atoms with van der Waals surface area (Å²) in [7, 11) is 0. The van der Waals surface area contributed by atoms with Crippen molar-refractivity contribution in [3.05, 3.63) is 34.9 Å². The Morgan fingerprint density at radius 3 is 2.45 bits per heavy atom. The highest BCUT2D eigenvalue weighted by Gasteiger charge is 2.25. The van der Waals surface area contributed by atoms with Crippen molar-refractivity contribution in [3.8, 4) is 0 Å². The van der Waals surface area contributed by atoms with Crippen LogP contribution in [0, 0.1) is 5.92 Å². The van der Waals surface area contributed by atoms with E-state index in [4.69, 9.17) is 16.3 Å². The molecule has 1 aromatic carbocycles. The van der Waals surface area contributed by atoms with Crippen LogP contribution in [0.2, 0.25) is 5.02 Å². The molecule has 0 aromatic heterocycles. The summed E-state index contributed by atoms with van der Waals surface area (Å²) in [5, 5.41) is 4.11. The van der Waals surface area contributed by atoms with Gasteiger partial charge in [0.05, 0.1) is 6.61 Å². The molecule has 0 saturated heterocycles. The minimum atomic E-state index is -0.307. The Kier molecular flexibility index (Phi) is 7.03. The quantitative estimate of drug-likeness (QED) is 0.774. The highest BCUT2D eigenvalue weighted by molar-refractivity contribution is 6.31. The number of hydrogen-bond acceptors (Lipinski definition) is 3. The maximum absolute atomic E-state index is 11.9. The Morgan fingerprint density at radius 1 is 1.30 bits per heavy atom. The Labute approximate surface area is 126 Å². The fraction of sp³-hybridized carbons (Fsp3) is 0.562. The molecule has 2 atom stereocenters. The molecule has 20 heavy (non-hydrogen) atoms. The molecule has 1 rings (SSSR count). The summed E-state index contributed by atoms with van der Waals surface area (Å²) in [5.74, 6) is 0.117. The number of halogens is 1. The van der Waals surface area contributed by atoms with Crippen molar-refractivity contribution in [1.29, 1.82) is 0 Å². The van der Waals surface area contributed by atoms with E-state index < -0.39 is 0 Å². The molecular formula is C16H24ClNO2. The summed E-state index contributed by atoms with van der Waals surface area (Å²) in [6, 6.07) is 7.46. The SMILES string of the molecule is CCOC(=O)[C@H](CC)N[C@H](c1ccccc1Cl)C(C)C. The molecule has 112 valence electrons. The molecule has 0 heterocycles. The molecular weight excluding hydrogens is 274 g/mol. The Balaban J connectivity index is 2.92. The van der Waals surface area contributed by atoms with Gasteiger partial charge in [0, 0.05) is 11.1 Å². The number of nitrogens with one attached hydrogen (secondary N) is 1. The molecule has 0 aliphatic carbocycles. The van der Waals surface area contributed by atoms with Gasteiger partial charge in [-0.1, -0.05) is 50.6 Å². The van der Waals surface area contributed by atoms with Crippen molar-refractivity contribution in [2.45, 2.75) is 46.2 Å². The summed E-state index contributed by atoms with van der Waals surface area (Å²) < 4.78 is 5.11.